The lowest BCUT2D eigenvalue weighted by atomic mass is 10.2. The molecule has 0 radical (unpaired) electrons. The van der Waals surface area contributed by atoms with Crippen LogP contribution < -0.4 is 9.44 Å². The second-order valence-corrected chi connectivity index (χ2v) is 11.0. The van der Waals surface area contributed by atoms with Gasteiger partial charge in [-0.15, -0.1) is 0 Å². The maximum atomic E-state index is 11.5. The van der Waals surface area contributed by atoms with Gasteiger partial charge in [0.15, 0.2) is 6.73 Å². The zero-order valence-corrected chi connectivity index (χ0v) is 18.3. The molecule has 0 aromatic heterocycles. The molecule has 0 aliphatic rings. The maximum Gasteiger partial charge on any atom is 0.332 e. The summed E-state index contributed by atoms with van der Waals surface area (Å²) in [5.41, 5.74) is 0. The Morgan fingerprint density at radius 3 is 1.82 bits per heavy atom. The quantitative estimate of drug-likeness (QED) is 0.170. The lowest BCUT2D eigenvalue weighted by Crippen LogP contribution is -2.33. The third kappa shape index (κ3) is 12.1. The summed E-state index contributed by atoms with van der Waals surface area (Å²) in [6, 6.07) is 0. The zero-order chi connectivity index (χ0) is 21.8. The van der Waals surface area contributed by atoms with E-state index < -0.39 is 49.2 Å². The highest BCUT2D eigenvalue weighted by molar-refractivity contribution is 7.90. The van der Waals surface area contributed by atoms with Gasteiger partial charge in [0.2, 0.25) is 20.0 Å². The number of ether oxygens (including phenoxy) is 2. The molecule has 0 aromatic rings. The van der Waals surface area contributed by atoms with Crippen molar-refractivity contribution >= 4 is 32.0 Å². The summed E-state index contributed by atoms with van der Waals surface area (Å²) in [6.45, 7) is 6.06. The number of hydrogen-bond donors (Lipinski definition) is 2. The smallest absolute Gasteiger partial charge is 0.332 e. The molecule has 0 atom stereocenters. The summed E-state index contributed by atoms with van der Waals surface area (Å²) in [6.07, 6.45) is 3.54. The molecule has 164 valence electrons. The van der Waals surface area contributed by atoms with E-state index in [0.29, 0.717) is 25.8 Å². The molecule has 0 unspecified atom stereocenters. The van der Waals surface area contributed by atoms with E-state index in [9.17, 15) is 26.4 Å². The Hall–Kier alpha value is -1.50. The fourth-order valence-corrected chi connectivity index (χ4v) is 2.86. The fourth-order valence-electron chi connectivity index (χ4n) is 1.54. The van der Waals surface area contributed by atoms with E-state index in [2.05, 4.69) is 14.2 Å². The molecule has 0 aromatic carbocycles. The molecule has 0 aliphatic heterocycles. The van der Waals surface area contributed by atoms with E-state index in [4.69, 9.17) is 4.74 Å². The van der Waals surface area contributed by atoms with Crippen LogP contribution in [0.5, 0.6) is 0 Å². The molecule has 0 fully saturated rings. The van der Waals surface area contributed by atoms with Crippen LogP contribution in [0, 0.1) is 0 Å². The van der Waals surface area contributed by atoms with Crippen LogP contribution in [0.15, 0.2) is 12.2 Å². The first kappa shape index (κ1) is 26.5. The minimum Gasteiger partial charge on any atom is -0.463 e. The average Bonchev–Trinajstić information content (AvgIpc) is 2.58. The largest absolute Gasteiger partial charge is 0.463 e. The highest BCUT2D eigenvalue weighted by atomic mass is 32.2. The van der Waals surface area contributed by atoms with Crippen molar-refractivity contribution in [2.24, 2.45) is 0 Å². The van der Waals surface area contributed by atoms with Gasteiger partial charge in [-0.1, -0.05) is 0 Å². The van der Waals surface area contributed by atoms with E-state index in [1.54, 1.807) is 13.8 Å². The number of sulfonamides is 2. The van der Waals surface area contributed by atoms with Gasteiger partial charge >= 0.3 is 11.9 Å². The van der Waals surface area contributed by atoms with Gasteiger partial charge in [-0.2, -0.15) is 4.72 Å². The Kier molecular flexibility index (Phi) is 12.2. The second-order valence-electron chi connectivity index (χ2n) is 6.40. The highest BCUT2D eigenvalue weighted by Gasteiger charge is 2.15. The maximum absolute atomic E-state index is 11.5. The molecule has 0 spiro atoms. The van der Waals surface area contributed by atoms with Crippen molar-refractivity contribution in [3.63, 3.8) is 0 Å². The molecule has 0 rings (SSSR count). The number of hydrogen-bond acceptors (Lipinski definition) is 8. The van der Waals surface area contributed by atoms with Crippen LogP contribution in [0.25, 0.3) is 0 Å². The molecule has 2 N–H and O–H groups in total. The second kappa shape index (κ2) is 12.9. The summed E-state index contributed by atoms with van der Waals surface area (Å²) in [4.78, 5) is 22.8. The minimum atomic E-state index is -3.54. The third-order valence-electron chi connectivity index (χ3n) is 3.44. The lowest BCUT2D eigenvalue weighted by molar-refractivity contribution is -0.140. The first-order chi connectivity index (χ1) is 12.9. The Morgan fingerprint density at radius 2 is 1.29 bits per heavy atom. The predicted octanol–water partition coefficient (Wildman–Crippen LogP) is 0.412. The lowest BCUT2D eigenvalue weighted by Gasteiger charge is -2.09. The van der Waals surface area contributed by atoms with E-state index in [-0.39, 0.29) is 6.61 Å². The molecular weight excluding hydrogens is 412 g/mol. The number of nitrogens with one attached hydrogen (secondary N) is 2. The van der Waals surface area contributed by atoms with Crippen molar-refractivity contribution < 1.29 is 35.9 Å². The van der Waals surface area contributed by atoms with Gasteiger partial charge in [0, 0.05) is 18.7 Å². The van der Waals surface area contributed by atoms with E-state index in [0.717, 1.165) is 12.2 Å². The molecule has 12 heteroatoms. The van der Waals surface area contributed by atoms with E-state index >= 15 is 0 Å². The van der Waals surface area contributed by atoms with Gasteiger partial charge < -0.3 is 9.47 Å². The summed E-state index contributed by atoms with van der Waals surface area (Å²) < 4.78 is 60.0. The number of carbonyl (C=O) groups excluding carboxylic acids is 2. The van der Waals surface area contributed by atoms with Crippen LogP contribution in [0.1, 0.15) is 47.0 Å². The van der Waals surface area contributed by atoms with Crippen LogP contribution in [0.3, 0.4) is 0 Å². The number of esters is 2. The Labute approximate surface area is 167 Å². The van der Waals surface area contributed by atoms with Crippen molar-refractivity contribution in [1.29, 1.82) is 0 Å². The SMILES string of the molecule is CC(C)S(=O)(=O)NCCCCCOC(=O)/C=C/C(=O)OCNS(=O)(=O)C(C)C. The van der Waals surface area contributed by atoms with Gasteiger partial charge in [-0.05, 0) is 47.0 Å². The van der Waals surface area contributed by atoms with Crippen LogP contribution >= 0.6 is 0 Å². The zero-order valence-electron chi connectivity index (χ0n) is 16.6. The van der Waals surface area contributed by atoms with Crippen molar-refractivity contribution in [2.45, 2.75) is 57.5 Å². The van der Waals surface area contributed by atoms with Crippen molar-refractivity contribution in [2.75, 3.05) is 19.9 Å². The van der Waals surface area contributed by atoms with Crippen LogP contribution in [-0.2, 0) is 39.1 Å². The fraction of sp³-hybridized carbons (Fsp3) is 0.750. The monoisotopic (exact) mass is 442 g/mol. The summed E-state index contributed by atoms with van der Waals surface area (Å²) >= 11 is 0. The number of rotatable bonds is 14. The molecule has 0 amide bonds. The third-order valence-corrected chi connectivity index (χ3v) is 7.05. The Morgan fingerprint density at radius 1 is 0.786 bits per heavy atom. The molecule has 0 saturated carbocycles. The average molecular weight is 443 g/mol. The number of unbranched alkanes of at least 4 members (excludes halogenated alkanes) is 2. The molecule has 0 bridgehead atoms. The molecule has 0 aliphatic carbocycles. The van der Waals surface area contributed by atoms with Crippen LogP contribution in [0.2, 0.25) is 0 Å². The summed E-state index contributed by atoms with van der Waals surface area (Å²) in [5, 5.41) is -1.14. The van der Waals surface area contributed by atoms with Crippen molar-refractivity contribution in [3.05, 3.63) is 12.2 Å². The number of carbonyl (C=O) groups is 2. The van der Waals surface area contributed by atoms with Gasteiger partial charge in [0.25, 0.3) is 0 Å². The van der Waals surface area contributed by atoms with E-state index in [1.807, 2.05) is 0 Å². The van der Waals surface area contributed by atoms with Crippen LogP contribution in [0.4, 0.5) is 0 Å². The first-order valence-electron chi connectivity index (χ1n) is 8.87. The van der Waals surface area contributed by atoms with Crippen molar-refractivity contribution in [3.8, 4) is 0 Å². The van der Waals surface area contributed by atoms with Gasteiger partial charge in [0.05, 0.1) is 17.1 Å². The van der Waals surface area contributed by atoms with Gasteiger partial charge in [-0.25, -0.2) is 31.1 Å². The van der Waals surface area contributed by atoms with E-state index in [1.165, 1.54) is 13.8 Å². The highest BCUT2D eigenvalue weighted by Crippen LogP contribution is 2.00. The summed E-state index contributed by atoms with van der Waals surface area (Å²) in [7, 11) is -6.81. The topological polar surface area (TPSA) is 145 Å². The minimum absolute atomic E-state index is 0.128. The predicted molar refractivity (Wildman–Crippen MR) is 104 cm³/mol. The molecule has 0 saturated heterocycles. The van der Waals surface area contributed by atoms with Crippen LogP contribution in [-0.4, -0.2) is 59.2 Å². The summed E-state index contributed by atoms with van der Waals surface area (Å²) in [5.74, 6) is -1.62. The molecule has 28 heavy (non-hydrogen) atoms. The Bertz CT molecular complexity index is 728. The molecule has 10 nitrogen and oxygen atoms in total. The standard InChI is InChI=1S/C16H30N2O8S2/c1-13(2)27(21,22)17-10-6-5-7-11-25-15(19)8-9-16(20)26-12-18-28(23,24)14(3)4/h8-9,13-14,17-18H,5-7,10-12H2,1-4H3/b9-8+. The normalized spacial score (nSPS) is 12.6. The van der Waals surface area contributed by atoms with Gasteiger partial charge in [0.1, 0.15) is 0 Å². The molecular formula is C16H30N2O8S2. The first-order valence-corrected chi connectivity index (χ1v) is 12.0. The van der Waals surface area contributed by atoms with Gasteiger partial charge in [-0.3, -0.25) is 0 Å². The van der Waals surface area contributed by atoms with Crippen molar-refractivity contribution in [1.82, 2.24) is 9.44 Å². The Balaban J connectivity index is 3.87. The molecule has 0 heterocycles.